The number of esters is 4. The van der Waals surface area contributed by atoms with Crippen molar-refractivity contribution in [2.75, 3.05) is 11.9 Å². The molecule has 14 heteroatoms. The summed E-state index contributed by atoms with van der Waals surface area (Å²) in [4.78, 5) is 81.4. The van der Waals surface area contributed by atoms with E-state index in [4.69, 9.17) is 28.5 Å². The number of carbonyl (C=O) groups excluding carboxylic acids is 6. The average molecular weight is 699 g/mol. The molecule has 2 amide bonds. The normalized spacial score (nSPS) is 20.6. The number of hydrogen-bond acceptors (Lipinski definition) is 12. The molecule has 2 aromatic carbocycles. The number of rotatable bonds is 16. The number of carbonyl (C=O) groups is 6. The van der Waals surface area contributed by atoms with Crippen molar-refractivity contribution >= 4 is 41.4 Å². The van der Waals surface area contributed by atoms with Gasteiger partial charge in [0.15, 0.2) is 18.3 Å². The van der Waals surface area contributed by atoms with Crippen LogP contribution in [-0.2, 0) is 52.5 Å². The van der Waals surface area contributed by atoms with Gasteiger partial charge >= 0.3 is 23.9 Å². The van der Waals surface area contributed by atoms with E-state index < -0.39 is 73.0 Å². The van der Waals surface area contributed by atoms with E-state index >= 15 is 0 Å². The minimum atomic E-state index is -1.60. The second kappa shape index (κ2) is 19.4. The lowest BCUT2D eigenvalue weighted by molar-refractivity contribution is -0.317. The van der Waals surface area contributed by atoms with Crippen molar-refractivity contribution in [2.24, 2.45) is 5.92 Å². The fraction of sp³-hybridized carbons (Fsp3) is 0.500. The molecule has 1 heterocycles. The van der Waals surface area contributed by atoms with Crippen LogP contribution >= 0.6 is 0 Å². The summed E-state index contributed by atoms with van der Waals surface area (Å²) in [5, 5.41) is 2.89. The van der Waals surface area contributed by atoms with Crippen molar-refractivity contribution in [3.63, 3.8) is 0 Å². The van der Waals surface area contributed by atoms with Crippen molar-refractivity contribution in [3.8, 4) is 0 Å². The summed E-state index contributed by atoms with van der Waals surface area (Å²) in [5.41, 5.74) is 3.75. The van der Waals surface area contributed by atoms with Crippen LogP contribution in [0.25, 0.3) is 0 Å². The Morgan fingerprint density at radius 3 is 1.78 bits per heavy atom. The number of hydroxylamine groups is 1. The van der Waals surface area contributed by atoms with Gasteiger partial charge in [-0.15, -0.1) is 0 Å². The lowest BCUT2D eigenvalue weighted by Crippen LogP contribution is -2.63. The van der Waals surface area contributed by atoms with E-state index in [0.717, 1.165) is 5.56 Å². The van der Waals surface area contributed by atoms with Crippen LogP contribution in [0.2, 0.25) is 0 Å². The Hall–Kier alpha value is -4.82. The van der Waals surface area contributed by atoms with Crippen LogP contribution in [0.3, 0.4) is 0 Å². The molecule has 0 unspecified atom stereocenters. The second-order valence-electron chi connectivity index (χ2n) is 11.8. The largest absolute Gasteiger partial charge is 0.463 e. The number of ether oxygens (including phenoxy) is 5. The molecule has 0 spiro atoms. The first-order valence-corrected chi connectivity index (χ1v) is 16.7. The van der Waals surface area contributed by atoms with Crippen molar-refractivity contribution in [1.82, 2.24) is 5.48 Å². The fourth-order valence-corrected chi connectivity index (χ4v) is 5.09. The van der Waals surface area contributed by atoms with Crippen molar-refractivity contribution in [3.05, 3.63) is 65.7 Å². The van der Waals surface area contributed by atoms with Crippen LogP contribution < -0.4 is 10.8 Å². The van der Waals surface area contributed by atoms with Crippen molar-refractivity contribution in [1.29, 1.82) is 0 Å². The van der Waals surface area contributed by atoms with Gasteiger partial charge in [0.2, 0.25) is 12.2 Å². The smallest absolute Gasteiger partial charge is 0.306 e. The zero-order chi connectivity index (χ0) is 36.8. The molecule has 3 rings (SSSR count). The van der Waals surface area contributed by atoms with E-state index in [9.17, 15) is 28.8 Å². The summed E-state index contributed by atoms with van der Waals surface area (Å²) in [6.45, 7) is 9.69. The number of nitrogens with one attached hydrogen (secondary N) is 2. The highest BCUT2D eigenvalue weighted by Gasteiger charge is 2.53. The lowest BCUT2D eigenvalue weighted by atomic mass is 9.87. The van der Waals surface area contributed by atoms with Gasteiger partial charge in [0.05, 0.1) is 5.92 Å². The van der Waals surface area contributed by atoms with Crippen LogP contribution in [-0.4, -0.2) is 73.0 Å². The SMILES string of the molecule is CCC(=O)OC[C@H]1O[C@@H](ONC(=O)c2ccc(NC(=O)[C@H](c3ccccc3)C(C)C)cc2)[C@H](OC(=O)CC)[C@@H](OC(=O)CC)[C@H]1OC(=O)CC. The Morgan fingerprint density at radius 1 is 0.700 bits per heavy atom. The molecule has 1 aliphatic rings. The van der Waals surface area contributed by atoms with Crippen molar-refractivity contribution < 1.29 is 57.3 Å². The standard InChI is InChI=1S/C36H46N2O12/c1-7-26(39)45-20-25-31(47-27(40)8-2)32(48-28(41)9-3)33(49-29(42)10-4)36(46-25)50-38-34(43)23-16-18-24(19-17-23)37-35(44)30(21(5)6)22-14-12-11-13-15-22/h11-19,21,25,30-33,36H,7-10,20H2,1-6H3,(H,37,44)(H,38,43)/t25-,30+,31+,32+,33-,36+/m1/s1. The third-order valence-electron chi connectivity index (χ3n) is 7.75. The second-order valence-corrected chi connectivity index (χ2v) is 11.8. The van der Waals surface area contributed by atoms with Gasteiger partial charge < -0.3 is 29.0 Å². The molecule has 1 saturated heterocycles. The third-order valence-corrected chi connectivity index (χ3v) is 7.75. The highest BCUT2D eigenvalue weighted by molar-refractivity contribution is 5.97. The fourth-order valence-electron chi connectivity index (χ4n) is 5.09. The topological polar surface area (TPSA) is 182 Å². The summed E-state index contributed by atoms with van der Waals surface area (Å²) in [5.74, 6) is -4.00. The van der Waals surface area contributed by atoms with E-state index in [1.165, 1.54) is 19.1 Å². The molecular formula is C36H46N2O12. The van der Waals surface area contributed by atoms with Gasteiger partial charge in [0, 0.05) is 36.9 Å². The molecule has 14 nitrogen and oxygen atoms in total. The zero-order valence-corrected chi connectivity index (χ0v) is 29.2. The number of benzene rings is 2. The highest BCUT2D eigenvalue weighted by Crippen LogP contribution is 2.31. The van der Waals surface area contributed by atoms with Gasteiger partial charge in [-0.25, -0.2) is 10.3 Å². The quantitative estimate of drug-likeness (QED) is 0.144. The summed E-state index contributed by atoms with van der Waals surface area (Å²) >= 11 is 0. The van der Waals surface area contributed by atoms with Gasteiger partial charge in [-0.2, -0.15) is 0 Å². The summed E-state index contributed by atoms with van der Waals surface area (Å²) in [7, 11) is 0. The number of anilines is 1. The maximum Gasteiger partial charge on any atom is 0.306 e. The van der Waals surface area contributed by atoms with Gasteiger partial charge in [0.1, 0.15) is 12.7 Å². The minimum absolute atomic E-state index is 0.0272. The van der Waals surface area contributed by atoms with E-state index in [2.05, 4.69) is 10.8 Å². The molecule has 6 atom stereocenters. The maximum absolute atomic E-state index is 13.2. The zero-order valence-electron chi connectivity index (χ0n) is 29.2. The monoisotopic (exact) mass is 698 g/mol. The first kappa shape index (κ1) is 39.6. The van der Waals surface area contributed by atoms with Crippen molar-refractivity contribution in [2.45, 2.75) is 104 Å². The molecular weight excluding hydrogens is 652 g/mol. The van der Waals surface area contributed by atoms with Gasteiger partial charge in [-0.1, -0.05) is 71.9 Å². The predicted octanol–water partition coefficient (Wildman–Crippen LogP) is 4.37. The molecule has 2 aromatic rings. The first-order valence-electron chi connectivity index (χ1n) is 16.7. The number of hydrogen-bond donors (Lipinski definition) is 2. The van der Waals surface area contributed by atoms with Crippen LogP contribution in [0.1, 0.15) is 89.1 Å². The predicted molar refractivity (Wildman–Crippen MR) is 178 cm³/mol. The first-order chi connectivity index (χ1) is 23.9. The molecule has 0 aromatic heterocycles. The van der Waals surface area contributed by atoms with E-state index in [-0.39, 0.29) is 43.1 Å². The van der Waals surface area contributed by atoms with E-state index in [1.807, 2.05) is 44.2 Å². The Balaban J connectivity index is 1.82. The van der Waals surface area contributed by atoms with Gasteiger partial charge in [0.25, 0.3) is 5.91 Å². The van der Waals surface area contributed by atoms with Crippen LogP contribution in [0, 0.1) is 5.92 Å². The average Bonchev–Trinajstić information content (AvgIpc) is 3.11. The molecule has 1 aliphatic heterocycles. The molecule has 0 aliphatic carbocycles. The Bertz CT molecular complexity index is 1460. The Labute approximate surface area is 291 Å². The molecule has 50 heavy (non-hydrogen) atoms. The van der Waals surface area contributed by atoms with Crippen LogP contribution in [0.4, 0.5) is 5.69 Å². The molecule has 0 saturated carbocycles. The maximum atomic E-state index is 13.2. The molecule has 0 radical (unpaired) electrons. The summed E-state index contributed by atoms with van der Waals surface area (Å²) < 4.78 is 27.9. The molecule has 272 valence electrons. The van der Waals surface area contributed by atoms with Crippen LogP contribution in [0.15, 0.2) is 54.6 Å². The minimum Gasteiger partial charge on any atom is -0.463 e. The molecule has 1 fully saturated rings. The Morgan fingerprint density at radius 2 is 1.24 bits per heavy atom. The highest BCUT2D eigenvalue weighted by atomic mass is 16.8. The van der Waals surface area contributed by atoms with E-state index in [0.29, 0.717) is 5.69 Å². The van der Waals surface area contributed by atoms with Crippen LogP contribution in [0.5, 0.6) is 0 Å². The Kier molecular flexibility index (Phi) is 15.4. The third kappa shape index (κ3) is 11.1. The molecule has 0 bridgehead atoms. The van der Waals surface area contributed by atoms with Gasteiger partial charge in [-0.3, -0.25) is 28.8 Å². The van der Waals surface area contributed by atoms with Gasteiger partial charge in [-0.05, 0) is 35.7 Å². The lowest BCUT2D eigenvalue weighted by Gasteiger charge is -2.43. The summed E-state index contributed by atoms with van der Waals surface area (Å²) in [6, 6.07) is 15.5. The summed E-state index contributed by atoms with van der Waals surface area (Å²) in [6.07, 6.45) is -7.33. The number of amides is 2. The van der Waals surface area contributed by atoms with E-state index in [1.54, 1.807) is 32.9 Å². The molecule has 2 N–H and O–H groups in total.